The van der Waals surface area contributed by atoms with Crippen molar-refractivity contribution in [2.75, 3.05) is 4.72 Å². The lowest BCUT2D eigenvalue weighted by Crippen LogP contribution is -2.13. The van der Waals surface area contributed by atoms with Crippen molar-refractivity contribution in [2.24, 2.45) is 0 Å². The van der Waals surface area contributed by atoms with E-state index in [9.17, 15) is 17.2 Å². The Morgan fingerprint density at radius 3 is 2.34 bits per heavy atom. The van der Waals surface area contributed by atoms with E-state index in [1.54, 1.807) is 10.7 Å². The Balaban J connectivity index is 1.49. The fourth-order valence-electron chi connectivity index (χ4n) is 2.93. The summed E-state index contributed by atoms with van der Waals surface area (Å²) in [6.07, 6.45) is 1.35. The number of aryl methyl sites for hydroxylation is 2. The molecule has 0 fully saturated rings. The van der Waals surface area contributed by atoms with Crippen LogP contribution in [0.25, 0.3) is 5.82 Å². The lowest BCUT2D eigenvalue weighted by Gasteiger charge is -2.10. The van der Waals surface area contributed by atoms with Crippen LogP contribution in [0.3, 0.4) is 0 Å². The molecule has 0 saturated carbocycles. The maximum Gasteiger partial charge on any atom is 0.261 e. The van der Waals surface area contributed by atoms with Gasteiger partial charge in [0.1, 0.15) is 12.1 Å². The second-order valence-electron chi connectivity index (χ2n) is 6.86. The van der Waals surface area contributed by atoms with Gasteiger partial charge in [0, 0.05) is 17.4 Å². The molecule has 0 amide bonds. The second kappa shape index (κ2) is 8.35. The third-order valence-electron chi connectivity index (χ3n) is 4.38. The molecule has 2 aromatic carbocycles. The maximum absolute atomic E-state index is 13.4. The van der Waals surface area contributed by atoms with Crippen LogP contribution < -0.4 is 9.46 Å². The Hall–Kier alpha value is -3.86. The molecule has 0 aliphatic rings. The van der Waals surface area contributed by atoms with Gasteiger partial charge >= 0.3 is 0 Å². The average Bonchev–Trinajstić information content (AvgIpc) is 3.09. The van der Waals surface area contributed by atoms with Crippen molar-refractivity contribution in [1.29, 1.82) is 0 Å². The van der Waals surface area contributed by atoms with Crippen molar-refractivity contribution >= 4 is 15.7 Å². The van der Waals surface area contributed by atoms with Crippen LogP contribution in [0.2, 0.25) is 0 Å². The topological polar surface area (TPSA) is 99.0 Å². The first-order valence-electron chi connectivity index (χ1n) is 9.33. The first-order valence-corrected chi connectivity index (χ1v) is 10.8. The largest absolute Gasteiger partial charge is 0.439 e. The van der Waals surface area contributed by atoms with Gasteiger partial charge in [-0.2, -0.15) is 5.10 Å². The summed E-state index contributed by atoms with van der Waals surface area (Å²) in [4.78, 5) is 7.89. The van der Waals surface area contributed by atoms with E-state index < -0.39 is 26.6 Å². The van der Waals surface area contributed by atoms with Crippen molar-refractivity contribution in [1.82, 2.24) is 19.7 Å². The minimum absolute atomic E-state index is 0.216. The molecule has 2 aromatic heterocycles. The first kappa shape index (κ1) is 21.4. The van der Waals surface area contributed by atoms with Gasteiger partial charge in [0.2, 0.25) is 5.88 Å². The van der Waals surface area contributed by atoms with Crippen LogP contribution in [-0.2, 0) is 10.0 Å². The molecule has 0 saturated heterocycles. The number of rotatable bonds is 6. The molecule has 164 valence electrons. The molecular weight excluding hydrogens is 440 g/mol. The van der Waals surface area contributed by atoms with Crippen molar-refractivity contribution in [3.63, 3.8) is 0 Å². The molecule has 0 aliphatic heterocycles. The smallest absolute Gasteiger partial charge is 0.261 e. The summed E-state index contributed by atoms with van der Waals surface area (Å²) < 4.78 is 60.9. The quantitative estimate of drug-likeness (QED) is 0.467. The molecule has 0 unspecified atom stereocenters. The predicted molar refractivity (Wildman–Crippen MR) is 112 cm³/mol. The summed E-state index contributed by atoms with van der Waals surface area (Å²) in [5.41, 5.74) is 1.97. The second-order valence-corrected chi connectivity index (χ2v) is 8.54. The Labute approximate surface area is 182 Å². The Bertz CT molecular complexity index is 1390. The molecule has 0 radical (unpaired) electrons. The van der Waals surface area contributed by atoms with Gasteiger partial charge in [-0.25, -0.2) is 31.8 Å². The Morgan fingerprint density at radius 2 is 1.69 bits per heavy atom. The van der Waals surface area contributed by atoms with Crippen LogP contribution in [-0.4, -0.2) is 28.2 Å². The van der Waals surface area contributed by atoms with Gasteiger partial charge in [0.05, 0.1) is 10.6 Å². The van der Waals surface area contributed by atoms with Crippen LogP contribution >= 0.6 is 0 Å². The molecular formula is C21H17F2N5O3S. The van der Waals surface area contributed by atoms with E-state index in [4.69, 9.17) is 4.74 Å². The molecule has 0 aliphatic carbocycles. The highest BCUT2D eigenvalue weighted by atomic mass is 32.2. The normalized spacial score (nSPS) is 11.4. The number of nitrogens with one attached hydrogen (secondary N) is 1. The van der Waals surface area contributed by atoms with Crippen molar-refractivity contribution in [3.8, 4) is 17.4 Å². The van der Waals surface area contributed by atoms with Gasteiger partial charge in [-0.3, -0.25) is 4.72 Å². The molecule has 0 atom stereocenters. The van der Waals surface area contributed by atoms with Crippen LogP contribution in [0.4, 0.5) is 14.5 Å². The van der Waals surface area contributed by atoms with Gasteiger partial charge < -0.3 is 4.74 Å². The summed E-state index contributed by atoms with van der Waals surface area (Å²) in [6.45, 7) is 3.78. The average molecular weight is 457 g/mol. The van der Waals surface area contributed by atoms with E-state index in [1.165, 1.54) is 30.6 Å². The molecule has 0 bridgehead atoms. The standard InChI is InChI=1S/C21H17F2N5O3S/c1-13-9-14(2)28(26-13)20-11-21(25-12-24-20)31-16-5-3-15(4-6-16)27-32(29,30)17-7-8-18(22)19(23)10-17/h3-12,27H,1-2H3. The first-order chi connectivity index (χ1) is 15.2. The fourth-order valence-corrected chi connectivity index (χ4v) is 4.00. The summed E-state index contributed by atoms with van der Waals surface area (Å²) in [7, 11) is -4.09. The fraction of sp³-hybridized carbons (Fsp3) is 0.0952. The van der Waals surface area contributed by atoms with Crippen LogP contribution in [0, 0.1) is 25.5 Å². The summed E-state index contributed by atoms with van der Waals surface area (Å²) in [5.74, 6) is -1.16. The molecule has 4 rings (SSSR count). The predicted octanol–water partition coefficient (Wildman–Crippen LogP) is 4.15. The highest BCUT2D eigenvalue weighted by Crippen LogP contribution is 2.24. The van der Waals surface area contributed by atoms with Crippen molar-refractivity contribution in [2.45, 2.75) is 18.7 Å². The number of aromatic nitrogens is 4. The van der Waals surface area contributed by atoms with E-state index in [-0.39, 0.29) is 11.6 Å². The number of anilines is 1. The van der Waals surface area contributed by atoms with E-state index in [0.717, 1.165) is 23.5 Å². The molecule has 2 heterocycles. The number of hydrogen-bond acceptors (Lipinski definition) is 6. The van der Waals surface area contributed by atoms with Gasteiger partial charge in [0.15, 0.2) is 17.5 Å². The lowest BCUT2D eigenvalue weighted by atomic mass is 10.3. The van der Waals surface area contributed by atoms with Crippen LogP contribution in [0.5, 0.6) is 11.6 Å². The highest BCUT2D eigenvalue weighted by molar-refractivity contribution is 7.92. The van der Waals surface area contributed by atoms with Gasteiger partial charge in [-0.1, -0.05) is 0 Å². The number of sulfonamides is 1. The van der Waals surface area contributed by atoms with E-state index in [1.807, 2.05) is 19.9 Å². The molecule has 8 nitrogen and oxygen atoms in total. The van der Waals surface area contributed by atoms with Gasteiger partial charge in [-0.05, 0) is 62.4 Å². The molecule has 0 spiro atoms. The maximum atomic E-state index is 13.4. The highest BCUT2D eigenvalue weighted by Gasteiger charge is 2.17. The molecule has 11 heteroatoms. The van der Waals surface area contributed by atoms with E-state index >= 15 is 0 Å². The van der Waals surface area contributed by atoms with Crippen LogP contribution in [0.1, 0.15) is 11.4 Å². The van der Waals surface area contributed by atoms with Gasteiger partial charge in [0.25, 0.3) is 10.0 Å². The number of nitrogens with zero attached hydrogens (tertiary/aromatic N) is 4. The summed E-state index contributed by atoms with van der Waals surface area (Å²) in [5, 5.41) is 4.37. The Morgan fingerprint density at radius 1 is 0.938 bits per heavy atom. The summed E-state index contributed by atoms with van der Waals surface area (Å²) in [6, 6.07) is 11.9. The third-order valence-corrected chi connectivity index (χ3v) is 5.76. The lowest BCUT2D eigenvalue weighted by molar-refractivity contribution is 0.460. The zero-order valence-electron chi connectivity index (χ0n) is 17.0. The van der Waals surface area contributed by atoms with Crippen molar-refractivity contribution < 1.29 is 21.9 Å². The number of hydrogen-bond donors (Lipinski definition) is 1. The van der Waals surface area contributed by atoms with Crippen LogP contribution in [0.15, 0.2) is 65.8 Å². The zero-order chi connectivity index (χ0) is 22.9. The number of halogens is 2. The minimum atomic E-state index is -4.09. The summed E-state index contributed by atoms with van der Waals surface area (Å²) >= 11 is 0. The zero-order valence-corrected chi connectivity index (χ0v) is 17.8. The molecule has 1 N–H and O–H groups in total. The van der Waals surface area contributed by atoms with E-state index in [0.29, 0.717) is 17.6 Å². The SMILES string of the molecule is Cc1cc(C)n(-c2cc(Oc3ccc(NS(=O)(=O)c4ccc(F)c(F)c4)cc3)ncn2)n1. The molecule has 4 aromatic rings. The van der Waals surface area contributed by atoms with Crippen molar-refractivity contribution in [3.05, 3.63) is 83.9 Å². The Kier molecular flexibility index (Phi) is 5.57. The van der Waals surface area contributed by atoms with E-state index in [2.05, 4.69) is 19.8 Å². The number of benzene rings is 2. The minimum Gasteiger partial charge on any atom is -0.439 e. The monoisotopic (exact) mass is 457 g/mol. The number of ether oxygens (including phenoxy) is 1. The molecule has 32 heavy (non-hydrogen) atoms. The third kappa shape index (κ3) is 4.57. The van der Waals surface area contributed by atoms with Gasteiger partial charge in [-0.15, -0.1) is 0 Å².